The zero-order chi connectivity index (χ0) is 23.3. The lowest BCUT2D eigenvalue weighted by atomic mass is 10.1. The van der Waals surface area contributed by atoms with Crippen LogP contribution >= 0.6 is 0 Å². The number of aliphatic hydroxyl groups excluding tert-OH is 2. The molecule has 0 saturated carbocycles. The van der Waals surface area contributed by atoms with Crippen LogP contribution in [-0.4, -0.2) is 80.2 Å². The number of aromatic nitrogens is 4. The van der Waals surface area contributed by atoms with Crippen molar-refractivity contribution >= 4 is 32.8 Å². The van der Waals surface area contributed by atoms with E-state index in [-0.39, 0.29) is 23.9 Å². The number of aromatic hydroxyl groups is 1. The standard InChI is InChI=1S/C18H22N6O7S/c19-17-16-18(21-8-20-17)24(9-22-16)10-31-15(13(27)6-25)5-23-32(29,30)7-14(28)11-3-1-2-4-12(11)26/h1-4,8-9,13,15,23,25-27H,5-7,10H2,(H2,19,20,21)/t13?,15-/m1/s1. The summed E-state index contributed by atoms with van der Waals surface area (Å²) in [6.45, 7) is -1.31. The topological polar surface area (TPSA) is 203 Å². The first-order chi connectivity index (χ1) is 15.2. The third-order valence-corrected chi connectivity index (χ3v) is 5.75. The van der Waals surface area contributed by atoms with Gasteiger partial charge >= 0.3 is 0 Å². The van der Waals surface area contributed by atoms with Gasteiger partial charge in [-0.05, 0) is 12.1 Å². The van der Waals surface area contributed by atoms with E-state index in [1.165, 1.54) is 41.5 Å². The first-order valence-corrected chi connectivity index (χ1v) is 11.0. The monoisotopic (exact) mass is 466 g/mol. The van der Waals surface area contributed by atoms with Gasteiger partial charge < -0.3 is 25.8 Å². The number of nitrogens with zero attached hydrogens (tertiary/aromatic N) is 4. The minimum absolute atomic E-state index is 0.130. The smallest absolute Gasteiger partial charge is 0.219 e. The first-order valence-electron chi connectivity index (χ1n) is 9.32. The number of fused-ring (bicyclic) bond motifs is 1. The Labute approximate surface area is 182 Å². The third kappa shape index (κ3) is 5.54. The maximum Gasteiger partial charge on any atom is 0.219 e. The van der Waals surface area contributed by atoms with E-state index >= 15 is 0 Å². The van der Waals surface area contributed by atoms with Crippen LogP contribution in [0.3, 0.4) is 0 Å². The highest BCUT2D eigenvalue weighted by atomic mass is 32.2. The number of Topliss-reactive ketones (excluding diaryl/α,β-unsaturated/α-hetero) is 1. The third-order valence-electron chi connectivity index (χ3n) is 4.50. The van der Waals surface area contributed by atoms with Crippen molar-refractivity contribution in [3.8, 4) is 5.75 Å². The number of hydrogen-bond donors (Lipinski definition) is 5. The number of benzene rings is 1. The number of ketones is 1. The molecule has 0 fully saturated rings. The molecule has 3 aromatic rings. The second-order valence-electron chi connectivity index (χ2n) is 6.78. The summed E-state index contributed by atoms with van der Waals surface area (Å²) >= 11 is 0. The highest BCUT2D eigenvalue weighted by Gasteiger charge is 2.25. The molecule has 0 radical (unpaired) electrons. The fraction of sp³-hybridized carbons (Fsp3) is 0.333. The van der Waals surface area contributed by atoms with Crippen LogP contribution in [0, 0.1) is 0 Å². The lowest BCUT2D eigenvalue weighted by Gasteiger charge is -2.22. The van der Waals surface area contributed by atoms with Crippen LogP contribution < -0.4 is 10.5 Å². The van der Waals surface area contributed by atoms with Crippen LogP contribution in [0.25, 0.3) is 11.2 Å². The number of nitrogens with one attached hydrogen (secondary N) is 1. The largest absolute Gasteiger partial charge is 0.507 e. The van der Waals surface area contributed by atoms with Gasteiger partial charge in [-0.1, -0.05) is 12.1 Å². The molecule has 2 aromatic heterocycles. The predicted molar refractivity (Wildman–Crippen MR) is 112 cm³/mol. The van der Waals surface area contributed by atoms with Crippen molar-refractivity contribution in [2.45, 2.75) is 18.9 Å². The van der Waals surface area contributed by atoms with Gasteiger partial charge in [0.2, 0.25) is 10.0 Å². The Bertz CT molecular complexity index is 1200. The number of imidazole rings is 1. The van der Waals surface area contributed by atoms with Crippen LogP contribution in [0.5, 0.6) is 5.75 Å². The van der Waals surface area contributed by atoms with Gasteiger partial charge in [0.05, 0.1) is 18.5 Å². The molecule has 0 aliphatic heterocycles. The van der Waals surface area contributed by atoms with Crippen molar-refractivity contribution in [2.24, 2.45) is 0 Å². The van der Waals surface area contributed by atoms with Crippen LogP contribution in [0.1, 0.15) is 10.4 Å². The quantitative estimate of drug-likeness (QED) is 0.208. The summed E-state index contributed by atoms with van der Waals surface area (Å²) in [6.07, 6.45) is 0.0476. The molecule has 0 amide bonds. The van der Waals surface area contributed by atoms with E-state index in [0.29, 0.717) is 11.2 Å². The van der Waals surface area contributed by atoms with Gasteiger partial charge in [-0.25, -0.2) is 28.1 Å². The molecule has 172 valence electrons. The van der Waals surface area contributed by atoms with Gasteiger partial charge in [0.25, 0.3) is 0 Å². The van der Waals surface area contributed by atoms with Gasteiger partial charge in [0, 0.05) is 6.54 Å². The number of nitrogens with two attached hydrogens (primary N) is 1. The molecule has 2 atom stereocenters. The minimum Gasteiger partial charge on any atom is -0.507 e. The molecular formula is C18H22N6O7S. The molecule has 1 aromatic carbocycles. The number of anilines is 1. The van der Waals surface area contributed by atoms with Crippen molar-refractivity contribution in [3.63, 3.8) is 0 Å². The first kappa shape index (κ1) is 23.5. The second kappa shape index (κ2) is 9.97. The number of aliphatic hydroxyl groups is 2. The number of carbonyl (C=O) groups excluding carboxylic acids is 1. The van der Waals surface area contributed by atoms with Gasteiger partial charge in [0.15, 0.2) is 17.2 Å². The van der Waals surface area contributed by atoms with E-state index in [9.17, 15) is 28.5 Å². The van der Waals surface area contributed by atoms with Gasteiger partial charge in [0.1, 0.15) is 42.3 Å². The number of nitrogen functional groups attached to an aromatic ring is 1. The van der Waals surface area contributed by atoms with E-state index in [4.69, 9.17) is 10.5 Å². The Kier molecular flexibility index (Phi) is 7.32. The lowest BCUT2D eigenvalue weighted by molar-refractivity contribution is -0.0765. The summed E-state index contributed by atoms with van der Waals surface area (Å²) in [5, 5.41) is 29.0. The molecule has 0 aliphatic carbocycles. The van der Waals surface area contributed by atoms with Crippen molar-refractivity contribution in [1.29, 1.82) is 0 Å². The number of para-hydroxylation sites is 1. The Morgan fingerprint density at radius 2 is 2.00 bits per heavy atom. The molecule has 0 spiro atoms. The number of phenols is 1. The van der Waals surface area contributed by atoms with Crippen LogP contribution in [0.2, 0.25) is 0 Å². The molecule has 14 heteroatoms. The maximum atomic E-state index is 12.3. The van der Waals surface area contributed by atoms with E-state index in [1.807, 2.05) is 0 Å². The van der Waals surface area contributed by atoms with Crippen molar-refractivity contribution < 1.29 is 33.3 Å². The number of hydrogen-bond acceptors (Lipinski definition) is 11. The Balaban J connectivity index is 1.64. The molecule has 32 heavy (non-hydrogen) atoms. The van der Waals surface area contributed by atoms with Gasteiger partial charge in [-0.2, -0.15) is 0 Å². The van der Waals surface area contributed by atoms with Crippen LogP contribution in [0.15, 0.2) is 36.9 Å². The minimum atomic E-state index is -4.13. The molecule has 0 bridgehead atoms. The number of ether oxygens (including phenoxy) is 1. The lowest BCUT2D eigenvalue weighted by Crippen LogP contribution is -2.43. The summed E-state index contributed by atoms with van der Waals surface area (Å²) in [4.78, 5) is 24.2. The Hall–Kier alpha value is -3.17. The van der Waals surface area contributed by atoms with E-state index in [1.54, 1.807) is 0 Å². The predicted octanol–water partition coefficient (Wildman–Crippen LogP) is -1.39. The zero-order valence-corrected chi connectivity index (χ0v) is 17.5. The highest BCUT2D eigenvalue weighted by molar-refractivity contribution is 7.90. The summed E-state index contributed by atoms with van der Waals surface area (Å²) in [6, 6.07) is 5.57. The SMILES string of the molecule is Nc1ncnc2c1ncn2CO[C@H](CNS(=O)(=O)CC(=O)c1ccccc1O)C(O)CO. The molecular weight excluding hydrogens is 444 g/mol. The fourth-order valence-corrected chi connectivity index (χ4v) is 3.83. The van der Waals surface area contributed by atoms with Gasteiger partial charge in [-0.3, -0.25) is 9.36 Å². The van der Waals surface area contributed by atoms with E-state index < -0.39 is 46.9 Å². The fourth-order valence-electron chi connectivity index (χ4n) is 2.81. The highest BCUT2D eigenvalue weighted by Crippen LogP contribution is 2.17. The summed E-state index contributed by atoms with van der Waals surface area (Å²) < 4.78 is 33.8. The number of phenolic OH excluding ortho intramolecular Hbond substituents is 1. The van der Waals surface area contributed by atoms with Crippen molar-refractivity contribution in [3.05, 3.63) is 42.5 Å². The number of rotatable bonds is 11. The van der Waals surface area contributed by atoms with Crippen molar-refractivity contribution in [2.75, 3.05) is 24.6 Å². The van der Waals surface area contributed by atoms with Crippen LogP contribution in [-0.2, 0) is 21.5 Å². The Morgan fingerprint density at radius 1 is 1.25 bits per heavy atom. The molecule has 2 heterocycles. The molecule has 1 unspecified atom stereocenters. The number of sulfonamides is 1. The zero-order valence-electron chi connectivity index (χ0n) is 16.7. The van der Waals surface area contributed by atoms with Crippen LogP contribution in [0.4, 0.5) is 5.82 Å². The normalized spacial score (nSPS) is 13.8. The van der Waals surface area contributed by atoms with E-state index in [0.717, 1.165) is 0 Å². The average molecular weight is 466 g/mol. The molecule has 3 rings (SSSR count). The number of carbonyl (C=O) groups is 1. The molecule has 0 saturated heterocycles. The maximum absolute atomic E-state index is 12.3. The van der Waals surface area contributed by atoms with Crippen molar-refractivity contribution in [1.82, 2.24) is 24.2 Å². The Morgan fingerprint density at radius 3 is 2.72 bits per heavy atom. The average Bonchev–Trinajstić information content (AvgIpc) is 3.17. The van der Waals surface area contributed by atoms with Gasteiger partial charge in [-0.15, -0.1) is 0 Å². The van der Waals surface area contributed by atoms with E-state index in [2.05, 4.69) is 19.7 Å². The molecule has 13 nitrogen and oxygen atoms in total. The summed E-state index contributed by atoms with van der Waals surface area (Å²) in [7, 11) is -4.13. The summed E-state index contributed by atoms with van der Waals surface area (Å²) in [5.74, 6) is -1.89. The molecule has 6 N–H and O–H groups in total. The molecule has 0 aliphatic rings. The second-order valence-corrected chi connectivity index (χ2v) is 8.58. The summed E-state index contributed by atoms with van der Waals surface area (Å²) in [5.41, 5.74) is 6.30.